The summed E-state index contributed by atoms with van der Waals surface area (Å²) in [6.45, 7) is 0.865. The monoisotopic (exact) mass is 313 g/mol. The van der Waals surface area contributed by atoms with Crippen LogP contribution < -0.4 is 5.32 Å². The number of rotatable bonds is 3. The summed E-state index contributed by atoms with van der Waals surface area (Å²) in [5.41, 5.74) is 0. The van der Waals surface area contributed by atoms with Crippen molar-refractivity contribution in [3.05, 3.63) is 20.8 Å². The molecule has 0 aromatic carbocycles. The predicted molar refractivity (Wildman–Crippen MR) is 73.3 cm³/mol. The van der Waals surface area contributed by atoms with Gasteiger partial charge in [0.1, 0.15) is 4.88 Å². The molecule has 3 rings (SSSR count). The molecule has 3 unspecified atom stereocenters. The van der Waals surface area contributed by atoms with E-state index in [1.54, 1.807) is 0 Å². The normalized spacial score (nSPS) is 30.8. The quantitative estimate of drug-likeness (QED) is 0.906. The molecule has 0 spiro atoms. The van der Waals surface area contributed by atoms with Gasteiger partial charge in [-0.1, -0.05) is 6.42 Å². The first-order valence-electron chi connectivity index (χ1n) is 6.25. The second kappa shape index (κ2) is 4.73. The number of thiophene rings is 1. The van der Waals surface area contributed by atoms with E-state index >= 15 is 0 Å². The Kier molecular flexibility index (Phi) is 3.26. The van der Waals surface area contributed by atoms with Gasteiger partial charge in [0.05, 0.1) is 0 Å². The molecular formula is C13H16BrNOS. The van der Waals surface area contributed by atoms with E-state index in [0.29, 0.717) is 0 Å². The van der Waals surface area contributed by atoms with Crippen LogP contribution in [0.1, 0.15) is 35.4 Å². The van der Waals surface area contributed by atoms with Crippen LogP contribution in [0.3, 0.4) is 0 Å². The van der Waals surface area contributed by atoms with Crippen LogP contribution in [0, 0.1) is 17.8 Å². The van der Waals surface area contributed by atoms with Gasteiger partial charge in [0.2, 0.25) is 0 Å². The van der Waals surface area contributed by atoms with Gasteiger partial charge in [-0.3, -0.25) is 4.79 Å². The van der Waals surface area contributed by atoms with Crippen LogP contribution in [0.5, 0.6) is 0 Å². The highest BCUT2D eigenvalue weighted by Crippen LogP contribution is 2.47. The fourth-order valence-corrected chi connectivity index (χ4v) is 4.85. The summed E-state index contributed by atoms with van der Waals surface area (Å²) >= 11 is 4.90. The zero-order valence-corrected chi connectivity index (χ0v) is 12.0. The molecule has 1 aromatic rings. The predicted octanol–water partition coefficient (Wildman–Crippen LogP) is 3.68. The van der Waals surface area contributed by atoms with Gasteiger partial charge in [-0.2, -0.15) is 0 Å². The van der Waals surface area contributed by atoms with Crippen molar-refractivity contribution in [2.24, 2.45) is 17.8 Å². The maximum Gasteiger partial charge on any atom is 0.262 e. The molecule has 4 heteroatoms. The molecule has 1 aromatic heterocycles. The fraction of sp³-hybridized carbons (Fsp3) is 0.615. The molecular weight excluding hydrogens is 298 g/mol. The molecule has 0 radical (unpaired) electrons. The maximum absolute atomic E-state index is 12.0. The number of fused-ring (bicyclic) bond motifs is 2. The fourth-order valence-electron chi connectivity index (χ4n) is 3.39. The Bertz CT molecular complexity index is 431. The second-order valence-electron chi connectivity index (χ2n) is 5.24. The number of carbonyl (C=O) groups excluding carboxylic acids is 1. The summed E-state index contributed by atoms with van der Waals surface area (Å²) in [5.74, 6) is 2.65. The lowest BCUT2D eigenvalue weighted by Gasteiger charge is -2.21. The average Bonchev–Trinajstić information content (AvgIpc) is 3.01. The zero-order chi connectivity index (χ0) is 11.8. The van der Waals surface area contributed by atoms with E-state index in [4.69, 9.17) is 0 Å². The molecule has 0 aliphatic heterocycles. The lowest BCUT2D eigenvalue weighted by Crippen LogP contribution is -2.31. The van der Waals surface area contributed by atoms with Crippen molar-refractivity contribution in [3.8, 4) is 0 Å². The largest absolute Gasteiger partial charge is 0.351 e. The highest BCUT2D eigenvalue weighted by atomic mass is 79.9. The Morgan fingerprint density at radius 3 is 2.94 bits per heavy atom. The molecule has 2 fully saturated rings. The van der Waals surface area contributed by atoms with Crippen LogP contribution in [0.2, 0.25) is 0 Å². The molecule has 1 amide bonds. The molecule has 2 aliphatic rings. The molecule has 2 saturated carbocycles. The van der Waals surface area contributed by atoms with Crippen molar-refractivity contribution in [1.29, 1.82) is 0 Å². The minimum Gasteiger partial charge on any atom is -0.351 e. The van der Waals surface area contributed by atoms with Crippen molar-refractivity contribution in [2.45, 2.75) is 25.7 Å². The van der Waals surface area contributed by atoms with E-state index in [2.05, 4.69) is 21.2 Å². The van der Waals surface area contributed by atoms with E-state index in [-0.39, 0.29) is 5.91 Å². The van der Waals surface area contributed by atoms with Crippen molar-refractivity contribution >= 4 is 33.2 Å². The minimum absolute atomic E-state index is 0.0784. The van der Waals surface area contributed by atoms with E-state index in [1.165, 1.54) is 37.0 Å². The summed E-state index contributed by atoms with van der Waals surface area (Å²) in [6, 6.07) is 1.93. The highest BCUT2D eigenvalue weighted by molar-refractivity contribution is 9.10. The topological polar surface area (TPSA) is 29.1 Å². The Hall–Kier alpha value is -0.350. The minimum atomic E-state index is 0.0784. The van der Waals surface area contributed by atoms with Crippen LogP contribution in [-0.2, 0) is 0 Å². The Balaban J connectivity index is 1.55. The van der Waals surface area contributed by atoms with Crippen LogP contribution in [0.4, 0.5) is 0 Å². The third-order valence-electron chi connectivity index (χ3n) is 4.23. The van der Waals surface area contributed by atoms with E-state index < -0.39 is 0 Å². The first-order chi connectivity index (χ1) is 8.24. The number of halogens is 1. The van der Waals surface area contributed by atoms with Gasteiger partial charge in [0, 0.05) is 11.0 Å². The summed E-state index contributed by atoms with van der Waals surface area (Å²) in [4.78, 5) is 12.8. The Labute approximate surface area is 114 Å². The molecule has 17 heavy (non-hydrogen) atoms. The standard InChI is InChI=1S/C13H16BrNOS/c14-11-3-4-17-12(11)13(16)15-7-10-6-8-1-2-9(10)5-8/h3-4,8-10H,1-2,5-7H2,(H,15,16). The van der Waals surface area contributed by atoms with Gasteiger partial charge in [0.15, 0.2) is 0 Å². The van der Waals surface area contributed by atoms with Crippen molar-refractivity contribution in [2.75, 3.05) is 6.54 Å². The van der Waals surface area contributed by atoms with Gasteiger partial charge in [0.25, 0.3) is 5.91 Å². The molecule has 2 aliphatic carbocycles. The van der Waals surface area contributed by atoms with Gasteiger partial charge in [-0.25, -0.2) is 0 Å². The number of hydrogen-bond donors (Lipinski definition) is 1. The number of carbonyl (C=O) groups is 1. The summed E-state index contributed by atoms with van der Waals surface area (Å²) in [7, 11) is 0. The summed E-state index contributed by atoms with van der Waals surface area (Å²) in [6.07, 6.45) is 5.54. The molecule has 2 nitrogen and oxygen atoms in total. The first-order valence-corrected chi connectivity index (χ1v) is 7.92. The average molecular weight is 314 g/mol. The number of hydrogen-bond acceptors (Lipinski definition) is 2. The van der Waals surface area contributed by atoms with Crippen molar-refractivity contribution in [3.63, 3.8) is 0 Å². The highest BCUT2D eigenvalue weighted by Gasteiger charge is 2.39. The second-order valence-corrected chi connectivity index (χ2v) is 7.01. The first kappa shape index (κ1) is 11.7. The third-order valence-corrected chi connectivity index (χ3v) is 6.07. The third kappa shape index (κ3) is 2.29. The van der Waals surface area contributed by atoms with Gasteiger partial charge in [-0.05, 0) is 64.4 Å². The Morgan fingerprint density at radius 2 is 2.35 bits per heavy atom. The van der Waals surface area contributed by atoms with Gasteiger partial charge < -0.3 is 5.32 Å². The van der Waals surface area contributed by atoms with Crippen LogP contribution in [-0.4, -0.2) is 12.5 Å². The molecule has 0 saturated heterocycles. The lowest BCUT2D eigenvalue weighted by atomic mass is 9.89. The van der Waals surface area contributed by atoms with Crippen molar-refractivity contribution in [1.82, 2.24) is 5.32 Å². The van der Waals surface area contributed by atoms with Crippen LogP contribution in [0.15, 0.2) is 15.9 Å². The van der Waals surface area contributed by atoms with E-state index in [0.717, 1.165) is 33.6 Å². The van der Waals surface area contributed by atoms with E-state index in [9.17, 15) is 4.79 Å². The Morgan fingerprint density at radius 1 is 1.47 bits per heavy atom. The van der Waals surface area contributed by atoms with E-state index in [1.807, 2.05) is 11.4 Å². The molecule has 1 heterocycles. The van der Waals surface area contributed by atoms with Crippen LogP contribution in [0.25, 0.3) is 0 Å². The maximum atomic E-state index is 12.0. The summed E-state index contributed by atoms with van der Waals surface area (Å²) in [5, 5.41) is 5.04. The zero-order valence-electron chi connectivity index (χ0n) is 9.62. The smallest absolute Gasteiger partial charge is 0.262 e. The number of nitrogens with one attached hydrogen (secondary N) is 1. The van der Waals surface area contributed by atoms with Gasteiger partial charge in [-0.15, -0.1) is 11.3 Å². The SMILES string of the molecule is O=C(NCC1CC2CCC1C2)c1sccc1Br. The van der Waals surface area contributed by atoms with Crippen LogP contribution >= 0.6 is 27.3 Å². The molecule has 2 bridgehead atoms. The molecule has 3 atom stereocenters. The number of amides is 1. The van der Waals surface area contributed by atoms with Gasteiger partial charge >= 0.3 is 0 Å². The molecule has 1 N–H and O–H groups in total. The summed E-state index contributed by atoms with van der Waals surface area (Å²) < 4.78 is 0.910. The lowest BCUT2D eigenvalue weighted by molar-refractivity contribution is 0.0945. The van der Waals surface area contributed by atoms with Crippen molar-refractivity contribution < 1.29 is 4.79 Å². The molecule has 92 valence electrons.